The van der Waals surface area contributed by atoms with Crippen molar-refractivity contribution < 1.29 is 22.7 Å². The second kappa shape index (κ2) is 11.0. The van der Waals surface area contributed by atoms with E-state index < -0.39 is 17.8 Å². The van der Waals surface area contributed by atoms with Gasteiger partial charge in [-0.25, -0.2) is 0 Å². The first-order valence-corrected chi connectivity index (χ1v) is 10.5. The third-order valence-electron chi connectivity index (χ3n) is 5.12. The Labute approximate surface area is 185 Å². The largest absolute Gasteiger partial charge is 0.416 e. The molecule has 0 saturated carbocycles. The Kier molecular flexibility index (Phi) is 8.10. The predicted molar refractivity (Wildman–Crippen MR) is 116 cm³/mol. The fraction of sp³-hybridized carbons (Fsp3) is 0.391. The maximum Gasteiger partial charge on any atom is 0.416 e. The van der Waals surface area contributed by atoms with E-state index in [1.807, 2.05) is 23.1 Å². The summed E-state index contributed by atoms with van der Waals surface area (Å²) in [5.74, 6) is 0.534. The Bertz CT molecular complexity index is 919. The molecule has 0 radical (unpaired) electrons. The molecule has 0 aliphatic carbocycles. The van der Waals surface area contributed by atoms with Crippen LogP contribution in [0.5, 0.6) is 0 Å². The molecule has 1 saturated heterocycles. The first-order valence-electron chi connectivity index (χ1n) is 10.5. The van der Waals surface area contributed by atoms with Gasteiger partial charge in [-0.2, -0.15) is 13.2 Å². The van der Waals surface area contributed by atoms with E-state index in [1.165, 1.54) is 6.07 Å². The molecule has 0 aromatic heterocycles. The highest BCUT2D eigenvalue weighted by molar-refractivity contribution is 5.94. The number of aliphatic imine (C=N–C) groups is 1. The maximum atomic E-state index is 13.0. The molecule has 1 aliphatic rings. The third kappa shape index (κ3) is 6.46. The molecular formula is C23H27F3N4O2. The van der Waals surface area contributed by atoms with Crippen molar-refractivity contribution in [2.24, 2.45) is 4.99 Å². The second-order valence-electron chi connectivity index (χ2n) is 7.38. The predicted octanol–water partition coefficient (Wildman–Crippen LogP) is 3.47. The molecule has 6 nitrogen and oxygen atoms in total. The number of rotatable bonds is 6. The molecule has 1 heterocycles. The number of carbonyl (C=O) groups is 1. The zero-order valence-electron chi connectivity index (χ0n) is 17.9. The average molecular weight is 448 g/mol. The van der Waals surface area contributed by atoms with Crippen LogP contribution in [0.15, 0.2) is 59.6 Å². The molecule has 32 heavy (non-hydrogen) atoms. The number of benzene rings is 2. The molecule has 0 spiro atoms. The third-order valence-corrected chi connectivity index (χ3v) is 5.12. The van der Waals surface area contributed by atoms with E-state index in [4.69, 9.17) is 4.74 Å². The van der Waals surface area contributed by atoms with Crippen LogP contribution in [0.3, 0.4) is 0 Å². The molecular weight excluding hydrogens is 421 g/mol. The topological polar surface area (TPSA) is 66.0 Å². The number of alkyl halides is 3. The Morgan fingerprint density at radius 2 is 1.88 bits per heavy atom. The fourth-order valence-corrected chi connectivity index (χ4v) is 3.47. The zero-order valence-corrected chi connectivity index (χ0v) is 17.9. The van der Waals surface area contributed by atoms with Gasteiger partial charge in [0.15, 0.2) is 5.96 Å². The minimum atomic E-state index is -4.39. The second-order valence-corrected chi connectivity index (χ2v) is 7.38. The van der Waals surface area contributed by atoms with Crippen LogP contribution in [-0.4, -0.2) is 56.6 Å². The standard InChI is InChI=1S/C23H27F3N4O2/c1-27-22(29-12-6-11-28-21(31)17-7-3-2-4-8-17)30-13-14-32-20(16-30)18-9-5-10-19(15-18)23(24,25)26/h2-5,7-10,15,20H,6,11-14,16H2,1H3,(H,27,29)(H,28,31). The van der Waals surface area contributed by atoms with E-state index in [9.17, 15) is 18.0 Å². The summed E-state index contributed by atoms with van der Waals surface area (Å²) < 4.78 is 44.8. The molecule has 3 rings (SSSR count). The van der Waals surface area contributed by atoms with E-state index in [0.29, 0.717) is 56.3 Å². The van der Waals surface area contributed by atoms with Gasteiger partial charge in [0.2, 0.25) is 0 Å². The Morgan fingerprint density at radius 1 is 1.12 bits per heavy atom. The van der Waals surface area contributed by atoms with Crippen molar-refractivity contribution in [3.63, 3.8) is 0 Å². The van der Waals surface area contributed by atoms with Crippen molar-refractivity contribution in [1.82, 2.24) is 15.5 Å². The van der Waals surface area contributed by atoms with Crippen molar-refractivity contribution >= 4 is 11.9 Å². The molecule has 2 aromatic rings. The van der Waals surface area contributed by atoms with Crippen LogP contribution in [0.1, 0.15) is 34.0 Å². The molecule has 1 amide bonds. The highest BCUT2D eigenvalue weighted by Gasteiger charge is 2.32. The van der Waals surface area contributed by atoms with E-state index in [2.05, 4.69) is 15.6 Å². The fourth-order valence-electron chi connectivity index (χ4n) is 3.47. The van der Waals surface area contributed by atoms with Gasteiger partial charge >= 0.3 is 6.18 Å². The minimum Gasteiger partial charge on any atom is -0.370 e. The molecule has 2 N–H and O–H groups in total. The lowest BCUT2D eigenvalue weighted by atomic mass is 10.0. The number of guanidine groups is 1. The lowest BCUT2D eigenvalue weighted by Crippen LogP contribution is -2.48. The van der Waals surface area contributed by atoms with Gasteiger partial charge in [0.25, 0.3) is 5.91 Å². The number of hydrogen-bond acceptors (Lipinski definition) is 3. The summed E-state index contributed by atoms with van der Waals surface area (Å²) in [5, 5.41) is 6.12. The van der Waals surface area contributed by atoms with Gasteiger partial charge < -0.3 is 20.3 Å². The Morgan fingerprint density at radius 3 is 2.59 bits per heavy atom. The van der Waals surface area contributed by atoms with Crippen LogP contribution in [0.25, 0.3) is 0 Å². The number of halogens is 3. The van der Waals surface area contributed by atoms with E-state index >= 15 is 0 Å². The Hall–Kier alpha value is -3.07. The monoisotopic (exact) mass is 448 g/mol. The van der Waals surface area contributed by atoms with Crippen molar-refractivity contribution in [3.05, 3.63) is 71.3 Å². The van der Waals surface area contributed by atoms with Gasteiger partial charge in [0, 0.05) is 32.2 Å². The van der Waals surface area contributed by atoms with Crippen molar-refractivity contribution in [2.45, 2.75) is 18.7 Å². The van der Waals surface area contributed by atoms with Gasteiger partial charge in [-0.3, -0.25) is 9.79 Å². The van der Waals surface area contributed by atoms with E-state index in [1.54, 1.807) is 25.2 Å². The van der Waals surface area contributed by atoms with Gasteiger partial charge in [-0.05, 0) is 36.2 Å². The molecule has 1 aliphatic heterocycles. The normalized spacial score (nSPS) is 17.2. The number of nitrogens with one attached hydrogen (secondary N) is 2. The number of morpholine rings is 1. The molecule has 2 aromatic carbocycles. The molecule has 172 valence electrons. The summed E-state index contributed by atoms with van der Waals surface area (Å²) in [4.78, 5) is 18.3. The minimum absolute atomic E-state index is 0.118. The van der Waals surface area contributed by atoms with Gasteiger partial charge in [-0.1, -0.05) is 30.3 Å². The quantitative estimate of drug-likeness (QED) is 0.404. The zero-order chi connectivity index (χ0) is 23.0. The number of nitrogens with zero attached hydrogens (tertiary/aromatic N) is 2. The van der Waals surface area contributed by atoms with Gasteiger partial charge in [0.05, 0.1) is 18.7 Å². The van der Waals surface area contributed by atoms with Crippen LogP contribution in [0.4, 0.5) is 13.2 Å². The molecule has 9 heteroatoms. The lowest BCUT2D eigenvalue weighted by molar-refractivity contribution is -0.137. The van der Waals surface area contributed by atoms with E-state index in [0.717, 1.165) is 12.1 Å². The van der Waals surface area contributed by atoms with Crippen LogP contribution in [-0.2, 0) is 10.9 Å². The summed E-state index contributed by atoms with van der Waals surface area (Å²) in [6, 6.07) is 14.2. The number of amides is 1. The maximum absolute atomic E-state index is 13.0. The summed E-state index contributed by atoms with van der Waals surface area (Å²) in [6.45, 7) is 2.46. The number of ether oxygens (including phenoxy) is 1. The first kappa shape index (κ1) is 23.6. The van der Waals surface area contributed by atoms with Crippen LogP contribution in [0, 0.1) is 0 Å². The number of hydrogen-bond donors (Lipinski definition) is 2. The lowest BCUT2D eigenvalue weighted by Gasteiger charge is -2.35. The van der Waals surface area contributed by atoms with Gasteiger partial charge in [-0.15, -0.1) is 0 Å². The molecule has 1 atom stereocenters. The SMILES string of the molecule is CN=C(NCCCNC(=O)c1ccccc1)N1CCOC(c2cccc(C(F)(F)F)c2)C1. The molecule has 0 bridgehead atoms. The highest BCUT2D eigenvalue weighted by Crippen LogP contribution is 2.32. The Balaban J connectivity index is 1.48. The first-order chi connectivity index (χ1) is 15.4. The molecule has 1 fully saturated rings. The van der Waals surface area contributed by atoms with Crippen LogP contribution in [0.2, 0.25) is 0 Å². The summed E-state index contributed by atoms with van der Waals surface area (Å²) in [6.07, 6.45) is -4.17. The van der Waals surface area contributed by atoms with Crippen LogP contribution < -0.4 is 10.6 Å². The van der Waals surface area contributed by atoms with Crippen molar-refractivity contribution in [1.29, 1.82) is 0 Å². The number of carbonyl (C=O) groups excluding carboxylic acids is 1. The molecule has 1 unspecified atom stereocenters. The summed E-state index contributed by atoms with van der Waals surface area (Å²) in [7, 11) is 1.66. The summed E-state index contributed by atoms with van der Waals surface area (Å²) in [5.41, 5.74) is 0.421. The van der Waals surface area contributed by atoms with Crippen molar-refractivity contribution in [3.8, 4) is 0 Å². The highest BCUT2D eigenvalue weighted by atomic mass is 19.4. The summed E-state index contributed by atoms with van der Waals surface area (Å²) >= 11 is 0. The van der Waals surface area contributed by atoms with Crippen LogP contribution >= 0.6 is 0 Å². The average Bonchev–Trinajstić information content (AvgIpc) is 2.81. The van der Waals surface area contributed by atoms with E-state index in [-0.39, 0.29) is 5.91 Å². The smallest absolute Gasteiger partial charge is 0.370 e. The van der Waals surface area contributed by atoms with Gasteiger partial charge in [0.1, 0.15) is 6.10 Å². The van der Waals surface area contributed by atoms with Crippen molar-refractivity contribution in [2.75, 3.05) is 39.8 Å².